The number of imidazole rings is 1. The Kier molecular flexibility index (Phi) is 3.17. The van der Waals surface area contributed by atoms with Crippen LogP contribution in [0.4, 0.5) is 0 Å². The molecule has 2 N–H and O–H groups in total. The second-order valence-corrected chi connectivity index (χ2v) is 4.97. The number of para-hydroxylation sites is 2. The number of aliphatic hydroxyl groups is 1. The van der Waals surface area contributed by atoms with Crippen molar-refractivity contribution >= 4 is 11.0 Å². The molecule has 0 saturated carbocycles. The Balaban J connectivity index is 2.22. The maximum absolute atomic E-state index is 9.19. The SMILES string of the molecule is Cn1c(CNC(C)(C)CO)nc2ccccc21. The predicted molar refractivity (Wildman–Crippen MR) is 68.7 cm³/mol. The van der Waals surface area contributed by atoms with E-state index in [-0.39, 0.29) is 12.1 Å². The zero-order valence-corrected chi connectivity index (χ0v) is 10.6. The van der Waals surface area contributed by atoms with Crippen molar-refractivity contribution in [1.82, 2.24) is 14.9 Å². The highest BCUT2D eigenvalue weighted by Gasteiger charge is 2.16. The Hall–Kier alpha value is -1.39. The maximum Gasteiger partial charge on any atom is 0.123 e. The van der Waals surface area contributed by atoms with Gasteiger partial charge in [0.05, 0.1) is 24.2 Å². The molecule has 0 saturated heterocycles. The number of nitrogens with one attached hydrogen (secondary N) is 1. The average molecular weight is 233 g/mol. The summed E-state index contributed by atoms with van der Waals surface area (Å²) in [6.45, 7) is 4.70. The minimum absolute atomic E-state index is 0.108. The normalized spacial score (nSPS) is 12.2. The summed E-state index contributed by atoms with van der Waals surface area (Å²) in [7, 11) is 2.01. The molecule has 0 radical (unpaired) electrons. The molecule has 4 heteroatoms. The molecule has 92 valence electrons. The van der Waals surface area contributed by atoms with Crippen LogP contribution >= 0.6 is 0 Å². The second kappa shape index (κ2) is 4.47. The van der Waals surface area contributed by atoms with E-state index in [9.17, 15) is 5.11 Å². The first-order valence-electron chi connectivity index (χ1n) is 5.80. The molecular formula is C13H19N3O. The summed E-state index contributed by atoms with van der Waals surface area (Å²) in [6, 6.07) is 8.07. The average Bonchev–Trinajstić information content (AvgIpc) is 2.65. The summed E-state index contributed by atoms with van der Waals surface area (Å²) >= 11 is 0. The van der Waals surface area contributed by atoms with Crippen molar-refractivity contribution in [3.8, 4) is 0 Å². The number of nitrogens with zero attached hydrogens (tertiary/aromatic N) is 2. The molecule has 0 fully saturated rings. The van der Waals surface area contributed by atoms with Gasteiger partial charge in [-0.2, -0.15) is 0 Å². The first-order chi connectivity index (χ1) is 8.03. The van der Waals surface area contributed by atoms with E-state index in [1.165, 1.54) is 0 Å². The minimum Gasteiger partial charge on any atom is -0.394 e. The monoisotopic (exact) mass is 233 g/mol. The van der Waals surface area contributed by atoms with Gasteiger partial charge in [-0.15, -0.1) is 0 Å². The van der Waals surface area contributed by atoms with Crippen molar-refractivity contribution in [1.29, 1.82) is 0 Å². The summed E-state index contributed by atoms with van der Waals surface area (Å²) in [4.78, 5) is 4.57. The molecule has 0 aliphatic rings. The highest BCUT2D eigenvalue weighted by Crippen LogP contribution is 2.14. The van der Waals surface area contributed by atoms with E-state index in [0.29, 0.717) is 6.54 Å². The molecule has 2 rings (SSSR count). The van der Waals surface area contributed by atoms with Crippen LogP contribution in [0.1, 0.15) is 19.7 Å². The molecule has 17 heavy (non-hydrogen) atoms. The van der Waals surface area contributed by atoms with Gasteiger partial charge in [-0.05, 0) is 26.0 Å². The Morgan fingerprint density at radius 1 is 1.35 bits per heavy atom. The van der Waals surface area contributed by atoms with Crippen molar-refractivity contribution in [2.75, 3.05) is 6.61 Å². The minimum atomic E-state index is -0.280. The third-order valence-electron chi connectivity index (χ3n) is 3.00. The van der Waals surface area contributed by atoms with Gasteiger partial charge < -0.3 is 15.0 Å². The van der Waals surface area contributed by atoms with Crippen LogP contribution < -0.4 is 5.32 Å². The molecule has 2 aromatic rings. The Labute approximate surface area is 101 Å². The maximum atomic E-state index is 9.19. The van der Waals surface area contributed by atoms with Crippen LogP contribution in [0.2, 0.25) is 0 Å². The summed E-state index contributed by atoms with van der Waals surface area (Å²) in [6.07, 6.45) is 0. The first-order valence-corrected chi connectivity index (χ1v) is 5.80. The number of aryl methyl sites for hydroxylation is 1. The van der Waals surface area contributed by atoms with E-state index >= 15 is 0 Å². The van der Waals surface area contributed by atoms with Crippen LogP contribution in [-0.4, -0.2) is 26.8 Å². The van der Waals surface area contributed by atoms with Gasteiger partial charge in [-0.25, -0.2) is 4.98 Å². The number of rotatable bonds is 4. The number of benzene rings is 1. The summed E-state index contributed by atoms with van der Waals surface area (Å²) in [5.74, 6) is 0.979. The largest absolute Gasteiger partial charge is 0.394 e. The van der Waals surface area contributed by atoms with Gasteiger partial charge in [-0.1, -0.05) is 12.1 Å². The standard InChI is InChI=1S/C13H19N3O/c1-13(2,9-17)14-8-12-15-10-6-4-5-7-11(10)16(12)3/h4-7,14,17H,8-9H2,1-3H3. The molecule has 0 aliphatic heterocycles. The van der Waals surface area contributed by atoms with Crippen LogP contribution in [0.25, 0.3) is 11.0 Å². The zero-order valence-electron chi connectivity index (χ0n) is 10.6. The molecule has 0 spiro atoms. The molecule has 0 atom stereocenters. The van der Waals surface area contributed by atoms with Crippen molar-refractivity contribution in [2.45, 2.75) is 25.9 Å². The fourth-order valence-corrected chi connectivity index (χ4v) is 1.73. The van der Waals surface area contributed by atoms with Crippen LogP contribution in [0.3, 0.4) is 0 Å². The van der Waals surface area contributed by atoms with Gasteiger partial charge >= 0.3 is 0 Å². The highest BCUT2D eigenvalue weighted by atomic mass is 16.3. The van der Waals surface area contributed by atoms with Gasteiger partial charge in [0, 0.05) is 12.6 Å². The van der Waals surface area contributed by atoms with Crippen molar-refractivity contribution in [3.05, 3.63) is 30.1 Å². The third-order valence-corrected chi connectivity index (χ3v) is 3.00. The van der Waals surface area contributed by atoms with E-state index in [4.69, 9.17) is 0 Å². The Morgan fingerprint density at radius 3 is 2.71 bits per heavy atom. The van der Waals surface area contributed by atoms with Gasteiger partial charge in [-0.3, -0.25) is 0 Å². The molecule has 1 aromatic heterocycles. The molecular weight excluding hydrogens is 214 g/mol. The lowest BCUT2D eigenvalue weighted by Gasteiger charge is -2.23. The Morgan fingerprint density at radius 2 is 2.06 bits per heavy atom. The van der Waals surface area contributed by atoms with Gasteiger partial charge in [0.25, 0.3) is 0 Å². The molecule has 0 bridgehead atoms. The van der Waals surface area contributed by atoms with E-state index in [0.717, 1.165) is 16.9 Å². The predicted octanol–water partition coefficient (Wildman–Crippen LogP) is 1.43. The summed E-state index contributed by atoms with van der Waals surface area (Å²) in [5, 5.41) is 12.5. The molecule has 4 nitrogen and oxygen atoms in total. The third kappa shape index (κ3) is 2.48. The van der Waals surface area contributed by atoms with E-state index in [1.54, 1.807) is 0 Å². The van der Waals surface area contributed by atoms with Crippen molar-refractivity contribution < 1.29 is 5.11 Å². The van der Waals surface area contributed by atoms with Crippen LogP contribution in [0.5, 0.6) is 0 Å². The number of aromatic nitrogens is 2. The lowest BCUT2D eigenvalue weighted by Crippen LogP contribution is -2.42. The number of hydrogen-bond acceptors (Lipinski definition) is 3. The summed E-state index contributed by atoms with van der Waals surface area (Å²) in [5.41, 5.74) is 1.86. The fraction of sp³-hybridized carbons (Fsp3) is 0.462. The molecule has 1 aromatic carbocycles. The zero-order chi connectivity index (χ0) is 12.5. The van der Waals surface area contributed by atoms with Crippen molar-refractivity contribution in [3.63, 3.8) is 0 Å². The number of aliphatic hydroxyl groups excluding tert-OH is 1. The van der Waals surface area contributed by atoms with Crippen LogP contribution in [-0.2, 0) is 13.6 Å². The number of hydrogen-bond donors (Lipinski definition) is 2. The number of fused-ring (bicyclic) bond motifs is 1. The molecule has 1 heterocycles. The van der Waals surface area contributed by atoms with E-state index < -0.39 is 0 Å². The fourth-order valence-electron chi connectivity index (χ4n) is 1.73. The first kappa shape index (κ1) is 12.1. The van der Waals surface area contributed by atoms with Crippen LogP contribution in [0.15, 0.2) is 24.3 Å². The highest BCUT2D eigenvalue weighted by molar-refractivity contribution is 5.75. The molecule has 0 amide bonds. The topological polar surface area (TPSA) is 50.1 Å². The Bertz CT molecular complexity index is 516. The molecule has 0 aliphatic carbocycles. The lowest BCUT2D eigenvalue weighted by molar-refractivity contribution is 0.186. The van der Waals surface area contributed by atoms with Gasteiger partial charge in [0.2, 0.25) is 0 Å². The quantitative estimate of drug-likeness (QED) is 0.840. The lowest BCUT2D eigenvalue weighted by atomic mass is 10.1. The van der Waals surface area contributed by atoms with Gasteiger partial charge in [0.15, 0.2) is 0 Å². The molecule has 0 unspecified atom stereocenters. The van der Waals surface area contributed by atoms with Crippen LogP contribution in [0, 0.1) is 0 Å². The smallest absolute Gasteiger partial charge is 0.123 e. The summed E-state index contributed by atoms with van der Waals surface area (Å²) < 4.78 is 2.08. The van der Waals surface area contributed by atoms with Gasteiger partial charge in [0.1, 0.15) is 5.82 Å². The van der Waals surface area contributed by atoms with Crippen molar-refractivity contribution in [2.24, 2.45) is 7.05 Å². The van der Waals surface area contributed by atoms with E-state index in [1.807, 2.05) is 39.1 Å². The second-order valence-electron chi connectivity index (χ2n) is 4.97. The van der Waals surface area contributed by atoms with E-state index in [2.05, 4.69) is 20.9 Å².